The second-order valence-electron chi connectivity index (χ2n) is 5.89. The molecular formula is C19H22FNO2. The molecule has 0 saturated heterocycles. The SMILES string of the molecule is COc1cccc(C(=O)N(C)[C@@H](c2ccc(F)cc2)C(C)C)c1. The summed E-state index contributed by atoms with van der Waals surface area (Å²) in [5.74, 6) is 0.470. The van der Waals surface area contributed by atoms with Crippen LogP contribution in [0.15, 0.2) is 48.5 Å². The largest absolute Gasteiger partial charge is 0.497 e. The molecule has 122 valence electrons. The molecule has 0 aromatic heterocycles. The van der Waals surface area contributed by atoms with Gasteiger partial charge in [-0.05, 0) is 41.8 Å². The standard InChI is InChI=1S/C19H22FNO2/c1-13(2)18(14-8-10-16(20)11-9-14)21(3)19(22)15-6-5-7-17(12-15)23-4/h5-13,18H,1-4H3/t18-/m1/s1. The highest BCUT2D eigenvalue weighted by atomic mass is 19.1. The van der Waals surface area contributed by atoms with Crippen molar-refractivity contribution in [2.45, 2.75) is 19.9 Å². The molecule has 0 heterocycles. The summed E-state index contributed by atoms with van der Waals surface area (Å²) in [6, 6.07) is 13.3. The predicted octanol–water partition coefficient (Wildman–Crippen LogP) is 4.30. The monoisotopic (exact) mass is 315 g/mol. The molecule has 0 bridgehead atoms. The van der Waals surface area contributed by atoms with E-state index in [9.17, 15) is 9.18 Å². The van der Waals surface area contributed by atoms with Gasteiger partial charge < -0.3 is 9.64 Å². The number of halogens is 1. The first-order chi connectivity index (χ1) is 10.9. The molecule has 0 aliphatic rings. The average molecular weight is 315 g/mol. The fourth-order valence-corrected chi connectivity index (χ4v) is 2.80. The van der Waals surface area contributed by atoms with Crippen molar-refractivity contribution in [3.05, 3.63) is 65.5 Å². The van der Waals surface area contributed by atoms with Crippen LogP contribution in [0.25, 0.3) is 0 Å². The van der Waals surface area contributed by atoms with Crippen LogP contribution in [0.3, 0.4) is 0 Å². The second-order valence-corrected chi connectivity index (χ2v) is 5.89. The van der Waals surface area contributed by atoms with Gasteiger partial charge in [-0.25, -0.2) is 4.39 Å². The Morgan fingerprint density at radius 3 is 2.35 bits per heavy atom. The van der Waals surface area contributed by atoms with Crippen molar-refractivity contribution >= 4 is 5.91 Å². The van der Waals surface area contributed by atoms with Gasteiger partial charge in [0, 0.05) is 12.6 Å². The van der Waals surface area contributed by atoms with Crippen molar-refractivity contribution in [2.24, 2.45) is 5.92 Å². The minimum Gasteiger partial charge on any atom is -0.497 e. The van der Waals surface area contributed by atoms with Gasteiger partial charge in [-0.1, -0.05) is 32.0 Å². The number of hydrogen-bond donors (Lipinski definition) is 0. The number of carbonyl (C=O) groups is 1. The summed E-state index contributed by atoms with van der Waals surface area (Å²) in [6.07, 6.45) is 0. The predicted molar refractivity (Wildman–Crippen MR) is 89.1 cm³/mol. The number of hydrogen-bond acceptors (Lipinski definition) is 2. The highest BCUT2D eigenvalue weighted by Crippen LogP contribution is 2.29. The molecule has 1 amide bonds. The fraction of sp³-hybridized carbons (Fsp3) is 0.316. The molecule has 0 aliphatic heterocycles. The van der Waals surface area contributed by atoms with Gasteiger partial charge in [0.15, 0.2) is 0 Å². The third-order valence-electron chi connectivity index (χ3n) is 3.90. The fourth-order valence-electron chi connectivity index (χ4n) is 2.80. The lowest BCUT2D eigenvalue weighted by molar-refractivity contribution is 0.0687. The summed E-state index contributed by atoms with van der Waals surface area (Å²) in [5, 5.41) is 0. The maximum absolute atomic E-state index is 13.2. The summed E-state index contributed by atoms with van der Waals surface area (Å²) in [6.45, 7) is 4.09. The van der Waals surface area contributed by atoms with Crippen LogP contribution in [0.4, 0.5) is 4.39 Å². The van der Waals surface area contributed by atoms with Gasteiger partial charge >= 0.3 is 0 Å². The zero-order valence-electron chi connectivity index (χ0n) is 13.9. The van der Waals surface area contributed by atoms with Gasteiger partial charge in [-0.15, -0.1) is 0 Å². The summed E-state index contributed by atoms with van der Waals surface area (Å²) in [7, 11) is 3.35. The first-order valence-corrected chi connectivity index (χ1v) is 7.60. The lowest BCUT2D eigenvalue weighted by atomic mass is 9.94. The maximum atomic E-state index is 13.2. The maximum Gasteiger partial charge on any atom is 0.254 e. The van der Waals surface area contributed by atoms with Gasteiger partial charge in [0.2, 0.25) is 0 Å². The summed E-state index contributed by atoms with van der Waals surface area (Å²) >= 11 is 0. The second kappa shape index (κ2) is 7.27. The molecule has 0 saturated carbocycles. The minimum atomic E-state index is -0.280. The first-order valence-electron chi connectivity index (χ1n) is 7.60. The van der Waals surface area contributed by atoms with E-state index in [0.29, 0.717) is 11.3 Å². The van der Waals surface area contributed by atoms with Gasteiger partial charge in [-0.3, -0.25) is 4.79 Å². The quantitative estimate of drug-likeness (QED) is 0.823. The van der Waals surface area contributed by atoms with Crippen LogP contribution in [0, 0.1) is 11.7 Å². The van der Waals surface area contributed by atoms with Crippen molar-refractivity contribution in [3.8, 4) is 5.75 Å². The Morgan fingerprint density at radius 2 is 1.78 bits per heavy atom. The smallest absolute Gasteiger partial charge is 0.254 e. The van der Waals surface area contributed by atoms with Crippen molar-refractivity contribution in [1.29, 1.82) is 0 Å². The van der Waals surface area contributed by atoms with E-state index < -0.39 is 0 Å². The molecule has 0 fully saturated rings. The molecule has 0 unspecified atom stereocenters. The van der Waals surface area contributed by atoms with Gasteiger partial charge in [-0.2, -0.15) is 0 Å². The zero-order chi connectivity index (χ0) is 17.0. The summed E-state index contributed by atoms with van der Waals surface area (Å²) in [4.78, 5) is 14.5. The Labute approximate surface area is 136 Å². The highest BCUT2D eigenvalue weighted by molar-refractivity contribution is 5.94. The van der Waals surface area contributed by atoms with E-state index in [1.165, 1.54) is 12.1 Å². The Kier molecular flexibility index (Phi) is 5.37. The van der Waals surface area contributed by atoms with E-state index in [-0.39, 0.29) is 23.7 Å². The number of amides is 1. The van der Waals surface area contributed by atoms with E-state index in [1.54, 1.807) is 55.5 Å². The number of rotatable bonds is 5. The van der Waals surface area contributed by atoms with Gasteiger partial charge in [0.1, 0.15) is 11.6 Å². The molecule has 0 spiro atoms. The van der Waals surface area contributed by atoms with Crippen LogP contribution >= 0.6 is 0 Å². The molecular weight excluding hydrogens is 293 g/mol. The molecule has 0 N–H and O–H groups in total. The van der Waals surface area contributed by atoms with Crippen LogP contribution in [0.2, 0.25) is 0 Å². The summed E-state index contributed by atoms with van der Waals surface area (Å²) < 4.78 is 18.3. The van der Waals surface area contributed by atoms with Crippen LogP contribution in [-0.4, -0.2) is 25.0 Å². The molecule has 0 radical (unpaired) electrons. The number of nitrogens with zero attached hydrogens (tertiary/aromatic N) is 1. The van der Waals surface area contributed by atoms with Crippen LogP contribution in [-0.2, 0) is 0 Å². The Bertz CT molecular complexity index is 667. The molecule has 3 nitrogen and oxygen atoms in total. The molecule has 2 rings (SSSR count). The number of benzene rings is 2. The van der Waals surface area contributed by atoms with Crippen LogP contribution in [0.5, 0.6) is 5.75 Å². The molecule has 4 heteroatoms. The van der Waals surface area contributed by atoms with E-state index in [0.717, 1.165) is 5.56 Å². The molecule has 2 aromatic rings. The van der Waals surface area contributed by atoms with Gasteiger partial charge in [0.25, 0.3) is 5.91 Å². The van der Waals surface area contributed by atoms with Gasteiger partial charge in [0.05, 0.1) is 13.2 Å². The minimum absolute atomic E-state index is 0.0908. The average Bonchev–Trinajstić information content (AvgIpc) is 2.55. The third kappa shape index (κ3) is 3.89. The van der Waals surface area contributed by atoms with Crippen LogP contribution in [0.1, 0.15) is 35.8 Å². The molecule has 2 aromatic carbocycles. The lowest BCUT2D eigenvalue weighted by Gasteiger charge is -2.32. The summed E-state index contributed by atoms with van der Waals surface area (Å²) in [5.41, 5.74) is 1.49. The normalized spacial score (nSPS) is 12.1. The Morgan fingerprint density at radius 1 is 1.13 bits per heavy atom. The highest BCUT2D eigenvalue weighted by Gasteiger charge is 2.25. The number of ether oxygens (including phenoxy) is 1. The van der Waals surface area contributed by atoms with Crippen LogP contribution < -0.4 is 4.74 Å². The molecule has 0 aliphatic carbocycles. The van der Waals surface area contributed by atoms with Crippen molar-refractivity contribution in [3.63, 3.8) is 0 Å². The van der Waals surface area contributed by atoms with Crippen molar-refractivity contribution in [2.75, 3.05) is 14.2 Å². The van der Waals surface area contributed by atoms with Crippen molar-refractivity contribution in [1.82, 2.24) is 4.90 Å². The van der Waals surface area contributed by atoms with Crippen molar-refractivity contribution < 1.29 is 13.9 Å². The lowest BCUT2D eigenvalue weighted by Crippen LogP contribution is -2.34. The number of methoxy groups -OCH3 is 1. The van der Waals surface area contributed by atoms with E-state index >= 15 is 0 Å². The third-order valence-corrected chi connectivity index (χ3v) is 3.90. The molecule has 23 heavy (non-hydrogen) atoms. The first kappa shape index (κ1) is 17.0. The van der Waals surface area contributed by atoms with E-state index in [4.69, 9.17) is 4.74 Å². The Balaban J connectivity index is 2.31. The Hall–Kier alpha value is -2.36. The topological polar surface area (TPSA) is 29.5 Å². The molecule has 1 atom stereocenters. The zero-order valence-corrected chi connectivity index (χ0v) is 13.9. The van der Waals surface area contributed by atoms with E-state index in [2.05, 4.69) is 0 Å². The number of carbonyl (C=O) groups excluding carboxylic acids is 1. The van der Waals surface area contributed by atoms with E-state index in [1.807, 2.05) is 13.8 Å².